The van der Waals surface area contributed by atoms with Crippen molar-refractivity contribution in [1.82, 2.24) is 10.2 Å². The fraction of sp³-hybridized carbons (Fsp3) is 0.375. The van der Waals surface area contributed by atoms with E-state index in [4.69, 9.17) is 25.8 Å². The molecule has 1 fully saturated rings. The van der Waals surface area contributed by atoms with Crippen molar-refractivity contribution in [2.75, 3.05) is 46.6 Å². The first-order valence-electron chi connectivity index (χ1n) is 10.5. The molecule has 0 aromatic heterocycles. The minimum Gasteiger partial charge on any atom is -0.493 e. The van der Waals surface area contributed by atoms with Gasteiger partial charge in [0.25, 0.3) is 0 Å². The second kappa shape index (κ2) is 11.9. The fourth-order valence-corrected chi connectivity index (χ4v) is 3.75. The summed E-state index contributed by atoms with van der Waals surface area (Å²) in [5.41, 5.74) is 1.66. The van der Waals surface area contributed by atoms with Gasteiger partial charge in [0.05, 0.1) is 38.0 Å². The van der Waals surface area contributed by atoms with E-state index in [1.54, 1.807) is 19.3 Å². The zero-order valence-electron chi connectivity index (χ0n) is 18.3. The van der Waals surface area contributed by atoms with Crippen LogP contribution >= 0.6 is 11.6 Å². The summed E-state index contributed by atoms with van der Waals surface area (Å²) in [7, 11) is 1.61. The number of amides is 1. The first-order chi connectivity index (χ1) is 15.5. The van der Waals surface area contributed by atoms with Crippen molar-refractivity contribution in [3.8, 4) is 11.5 Å². The topological polar surface area (TPSA) is 60.0 Å². The summed E-state index contributed by atoms with van der Waals surface area (Å²) in [5, 5.41) is 2.98. The molecule has 1 aliphatic heterocycles. The molecule has 1 N–H and O–H groups in total. The molecule has 3 rings (SSSR count). The average Bonchev–Trinajstić information content (AvgIpc) is 2.81. The molecule has 2 aromatic rings. The molecule has 0 radical (unpaired) electrons. The van der Waals surface area contributed by atoms with E-state index in [2.05, 4.69) is 10.2 Å². The van der Waals surface area contributed by atoms with Gasteiger partial charge in [-0.2, -0.15) is 0 Å². The molecule has 1 amide bonds. The van der Waals surface area contributed by atoms with Crippen LogP contribution in [-0.4, -0.2) is 57.4 Å². The molecule has 1 saturated heterocycles. The van der Waals surface area contributed by atoms with Crippen molar-refractivity contribution in [1.29, 1.82) is 0 Å². The van der Waals surface area contributed by atoms with Gasteiger partial charge in [-0.25, -0.2) is 4.39 Å². The van der Waals surface area contributed by atoms with Crippen molar-refractivity contribution in [2.24, 2.45) is 0 Å². The largest absolute Gasteiger partial charge is 0.493 e. The maximum absolute atomic E-state index is 13.3. The van der Waals surface area contributed by atoms with E-state index < -0.39 is 5.82 Å². The molecule has 0 saturated carbocycles. The predicted octanol–water partition coefficient (Wildman–Crippen LogP) is 4.09. The lowest BCUT2D eigenvalue weighted by atomic mass is 10.0. The molecule has 1 atom stereocenters. The Balaban J connectivity index is 1.72. The Kier molecular flexibility index (Phi) is 8.90. The minimum absolute atomic E-state index is 0.0180. The number of benzene rings is 2. The molecule has 0 spiro atoms. The first-order valence-corrected chi connectivity index (χ1v) is 10.9. The van der Waals surface area contributed by atoms with Gasteiger partial charge in [-0.05, 0) is 48.4 Å². The number of ether oxygens (including phenoxy) is 3. The number of nitrogens with one attached hydrogen (secondary N) is 1. The summed E-state index contributed by atoms with van der Waals surface area (Å²) in [6, 6.07) is 10.1. The minimum atomic E-state index is -0.493. The van der Waals surface area contributed by atoms with Crippen molar-refractivity contribution in [3.05, 3.63) is 64.4 Å². The maximum atomic E-state index is 13.3. The van der Waals surface area contributed by atoms with Gasteiger partial charge >= 0.3 is 0 Å². The Morgan fingerprint density at radius 3 is 2.72 bits per heavy atom. The average molecular weight is 463 g/mol. The molecule has 0 aliphatic carbocycles. The predicted molar refractivity (Wildman–Crippen MR) is 123 cm³/mol. The summed E-state index contributed by atoms with van der Waals surface area (Å²) >= 11 is 5.80. The van der Waals surface area contributed by atoms with Crippen molar-refractivity contribution in [3.63, 3.8) is 0 Å². The molecule has 32 heavy (non-hydrogen) atoms. The van der Waals surface area contributed by atoms with Crippen LogP contribution < -0.4 is 14.8 Å². The summed E-state index contributed by atoms with van der Waals surface area (Å²) < 4.78 is 29.9. The second-order valence-electron chi connectivity index (χ2n) is 7.26. The van der Waals surface area contributed by atoms with E-state index in [-0.39, 0.29) is 17.0 Å². The fourth-order valence-electron chi connectivity index (χ4n) is 3.56. The normalized spacial score (nSPS) is 15.5. The monoisotopic (exact) mass is 462 g/mol. The summed E-state index contributed by atoms with van der Waals surface area (Å²) in [6.45, 7) is 5.69. The zero-order chi connectivity index (χ0) is 22.9. The Bertz CT molecular complexity index is 948. The highest BCUT2D eigenvalue weighted by Crippen LogP contribution is 2.32. The molecule has 8 heteroatoms. The Hall–Kier alpha value is -2.61. The van der Waals surface area contributed by atoms with Crippen LogP contribution in [0, 0.1) is 5.82 Å². The van der Waals surface area contributed by atoms with E-state index in [1.807, 2.05) is 25.1 Å². The van der Waals surface area contributed by atoms with Crippen LogP contribution in [0.4, 0.5) is 4.39 Å². The third-order valence-electron chi connectivity index (χ3n) is 5.20. The molecule has 1 heterocycles. The van der Waals surface area contributed by atoms with Crippen LogP contribution in [0.25, 0.3) is 6.08 Å². The van der Waals surface area contributed by atoms with Gasteiger partial charge in [0.1, 0.15) is 5.82 Å². The summed E-state index contributed by atoms with van der Waals surface area (Å²) in [4.78, 5) is 14.7. The number of methoxy groups -OCH3 is 1. The number of hydrogen-bond donors (Lipinski definition) is 1. The van der Waals surface area contributed by atoms with Crippen LogP contribution in [0.2, 0.25) is 5.02 Å². The Morgan fingerprint density at radius 1 is 1.25 bits per heavy atom. The van der Waals surface area contributed by atoms with Gasteiger partial charge in [-0.1, -0.05) is 23.7 Å². The highest BCUT2D eigenvalue weighted by atomic mass is 35.5. The first kappa shape index (κ1) is 24.0. The lowest BCUT2D eigenvalue weighted by molar-refractivity contribution is -0.116. The smallest absolute Gasteiger partial charge is 0.244 e. The second-order valence-corrected chi connectivity index (χ2v) is 7.67. The number of carbonyl (C=O) groups is 1. The van der Waals surface area contributed by atoms with E-state index in [9.17, 15) is 9.18 Å². The van der Waals surface area contributed by atoms with Crippen LogP contribution in [0.5, 0.6) is 11.5 Å². The van der Waals surface area contributed by atoms with Crippen molar-refractivity contribution < 1.29 is 23.4 Å². The van der Waals surface area contributed by atoms with Crippen LogP contribution in [0.1, 0.15) is 24.1 Å². The molecule has 2 aromatic carbocycles. The van der Waals surface area contributed by atoms with Gasteiger partial charge in [0, 0.05) is 25.7 Å². The molecular weight excluding hydrogens is 435 g/mol. The molecular formula is C24H28ClFN2O4. The molecule has 1 aliphatic rings. The quantitative estimate of drug-likeness (QED) is 0.569. The van der Waals surface area contributed by atoms with Gasteiger partial charge in [0.2, 0.25) is 5.91 Å². The number of rotatable bonds is 9. The van der Waals surface area contributed by atoms with E-state index in [1.165, 1.54) is 18.2 Å². The Labute approximate surface area is 192 Å². The van der Waals surface area contributed by atoms with Gasteiger partial charge in [0.15, 0.2) is 11.5 Å². The molecule has 1 unspecified atom stereocenters. The zero-order valence-corrected chi connectivity index (χ0v) is 19.0. The van der Waals surface area contributed by atoms with Crippen molar-refractivity contribution >= 4 is 23.6 Å². The van der Waals surface area contributed by atoms with Crippen LogP contribution in [-0.2, 0) is 9.53 Å². The van der Waals surface area contributed by atoms with E-state index >= 15 is 0 Å². The van der Waals surface area contributed by atoms with Gasteiger partial charge in [-0.15, -0.1) is 0 Å². The molecule has 172 valence electrons. The highest BCUT2D eigenvalue weighted by Gasteiger charge is 2.24. The number of morpholine rings is 1. The van der Waals surface area contributed by atoms with E-state index in [0.717, 1.165) is 18.7 Å². The number of hydrogen-bond acceptors (Lipinski definition) is 5. The van der Waals surface area contributed by atoms with Crippen LogP contribution in [0.3, 0.4) is 0 Å². The summed E-state index contributed by atoms with van der Waals surface area (Å²) in [5.74, 6) is 0.598. The lowest BCUT2D eigenvalue weighted by Crippen LogP contribution is -2.43. The maximum Gasteiger partial charge on any atom is 0.244 e. The van der Waals surface area contributed by atoms with E-state index in [0.29, 0.717) is 43.4 Å². The van der Waals surface area contributed by atoms with Gasteiger partial charge in [-0.3, -0.25) is 9.69 Å². The SMILES string of the molecule is CCOc1ccc(C(CNC(=O)/C=C/c2ccc(F)c(Cl)c2)N2CCOCC2)cc1OC. The van der Waals surface area contributed by atoms with Crippen molar-refractivity contribution in [2.45, 2.75) is 13.0 Å². The summed E-state index contributed by atoms with van der Waals surface area (Å²) in [6.07, 6.45) is 3.02. The third-order valence-corrected chi connectivity index (χ3v) is 5.49. The standard InChI is InChI=1S/C24H28ClFN2O4/c1-3-32-22-8-6-18(15-23(22)30-2)21(28-10-12-31-13-11-28)16-27-24(29)9-5-17-4-7-20(26)19(25)14-17/h4-9,14-15,21H,3,10-13,16H2,1-2H3,(H,27,29)/b9-5+. The number of nitrogens with zero attached hydrogens (tertiary/aromatic N) is 1. The number of carbonyl (C=O) groups excluding carboxylic acids is 1. The molecule has 0 bridgehead atoms. The number of halogens is 2. The van der Waals surface area contributed by atoms with Gasteiger partial charge < -0.3 is 19.5 Å². The highest BCUT2D eigenvalue weighted by molar-refractivity contribution is 6.30. The van der Waals surface area contributed by atoms with Crippen LogP contribution in [0.15, 0.2) is 42.5 Å². The Morgan fingerprint density at radius 2 is 2.03 bits per heavy atom. The third kappa shape index (κ3) is 6.45. The lowest BCUT2D eigenvalue weighted by Gasteiger charge is -2.35. The molecule has 6 nitrogen and oxygen atoms in total.